The fraction of sp³-hybridized carbons (Fsp3) is 0.0417. The van der Waals surface area contributed by atoms with Gasteiger partial charge in [-0.25, -0.2) is 0 Å². The summed E-state index contributed by atoms with van der Waals surface area (Å²) in [6.07, 6.45) is 9.99. The predicted octanol–water partition coefficient (Wildman–Crippen LogP) is 4.81. The summed E-state index contributed by atoms with van der Waals surface area (Å²) in [5.74, 6) is 0. The molecule has 2 aliphatic rings. The van der Waals surface area contributed by atoms with Crippen molar-refractivity contribution >= 4 is 22.6 Å². The minimum atomic E-state index is 0. The zero-order valence-electron chi connectivity index (χ0n) is 15.7. The molecule has 1 aromatic heterocycles. The molecule has 0 aliphatic heterocycles. The number of hydrogen-bond acceptors (Lipinski definition) is 0. The number of aromatic nitrogens is 1. The summed E-state index contributed by atoms with van der Waals surface area (Å²) in [5, 5.41) is 4.08. The Morgan fingerprint density at radius 3 is 2.27 bits per heavy atom. The van der Waals surface area contributed by atoms with Gasteiger partial charge in [-0.2, -0.15) is 0 Å². The van der Waals surface area contributed by atoms with Crippen LogP contribution in [0.4, 0.5) is 0 Å². The fourth-order valence-corrected chi connectivity index (χ4v) is 3.67. The Morgan fingerprint density at radius 1 is 0.808 bits per heavy atom. The number of hydrogen-bond donors (Lipinski definition) is 0. The van der Waals surface area contributed by atoms with Crippen molar-refractivity contribution in [2.24, 2.45) is 0 Å². The van der Waals surface area contributed by atoms with Crippen molar-refractivity contribution in [3.8, 4) is 5.69 Å². The molecule has 2 aliphatic carbocycles. The molecule has 0 amide bonds. The first-order valence-electron chi connectivity index (χ1n) is 7.70. The van der Waals surface area contributed by atoms with E-state index in [0.717, 1.165) is 6.42 Å². The van der Waals surface area contributed by atoms with Gasteiger partial charge in [-0.15, -0.1) is 0 Å². The van der Waals surface area contributed by atoms with Crippen molar-refractivity contribution in [1.82, 2.24) is 4.57 Å². The summed E-state index contributed by atoms with van der Waals surface area (Å²) in [4.78, 5) is 0. The second-order valence-corrected chi connectivity index (χ2v) is 5.83. The van der Waals surface area contributed by atoms with Gasteiger partial charge in [0.2, 0.25) is 0 Å². The van der Waals surface area contributed by atoms with Crippen molar-refractivity contribution in [2.75, 3.05) is 0 Å². The molecule has 0 spiro atoms. The van der Waals surface area contributed by atoms with Gasteiger partial charge >= 0.3 is 21.7 Å². The fourth-order valence-electron chi connectivity index (χ4n) is 3.67. The van der Waals surface area contributed by atoms with Crippen molar-refractivity contribution in [3.63, 3.8) is 0 Å². The first-order chi connectivity index (χ1) is 10.9. The molecule has 3 aromatic rings. The standard InChI is InChI=1S/C21H15N.3CH3.Ti/c1-2-9-16(10-3-1)22-19-13-7-6-12-18(19)21-17-11-5-4-8-15(17)14-20(21)22;;;;/h1-10,12-14H,11H2;3*1H3;/q;3*-1;+3. The van der Waals surface area contributed by atoms with E-state index >= 15 is 0 Å². The van der Waals surface area contributed by atoms with Crippen LogP contribution in [0, 0.1) is 22.3 Å². The van der Waals surface area contributed by atoms with Crippen LogP contribution in [0.3, 0.4) is 0 Å². The van der Waals surface area contributed by atoms with Gasteiger partial charge in [0.05, 0.1) is 10.9 Å². The average Bonchev–Trinajstić information content (AvgIpc) is 3.10. The molecule has 0 fully saturated rings. The molecule has 1 heterocycles. The van der Waals surface area contributed by atoms with Crippen LogP contribution < -0.4 is 10.6 Å². The van der Waals surface area contributed by atoms with Gasteiger partial charge in [0.25, 0.3) is 0 Å². The molecule has 0 saturated heterocycles. The molecule has 0 atom stereocenters. The van der Waals surface area contributed by atoms with E-state index in [2.05, 4.69) is 83.5 Å². The van der Waals surface area contributed by atoms with E-state index in [9.17, 15) is 0 Å². The summed E-state index contributed by atoms with van der Waals surface area (Å²) in [5.41, 5.74) is 5.34. The molecule has 0 unspecified atom stereocenters. The van der Waals surface area contributed by atoms with Crippen LogP contribution in [0.2, 0.25) is 0 Å². The van der Waals surface area contributed by atoms with Crippen LogP contribution in [0.25, 0.3) is 28.2 Å². The van der Waals surface area contributed by atoms with Crippen LogP contribution in [0.15, 0.2) is 78.4 Å². The van der Waals surface area contributed by atoms with Gasteiger partial charge in [0.15, 0.2) is 0 Å². The topological polar surface area (TPSA) is 4.93 Å². The number of nitrogens with zero attached hydrogens (tertiary/aromatic N) is 1. The summed E-state index contributed by atoms with van der Waals surface area (Å²) in [6, 6.07) is 19.4. The van der Waals surface area contributed by atoms with Gasteiger partial charge in [-0.05, 0) is 41.8 Å². The Hall–Kier alpha value is -2.09. The molecule has 2 aromatic carbocycles. The van der Waals surface area contributed by atoms with E-state index in [4.69, 9.17) is 0 Å². The third kappa shape index (κ3) is 3.07. The quantitative estimate of drug-likeness (QED) is 0.426. The molecule has 1 nitrogen and oxygen atoms in total. The zero-order valence-corrected chi connectivity index (χ0v) is 17.2. The van der Waals surface area contributed by atoms with Crippen LogP contribution in [0.5, 0.6) is 0 Å². The van der Waals surface area contributed by atoms with Crippen LogP contribution in [-0.4, -0.2) is 4.57 Å². The molecular weight excluding hydrogens is 350 g/mol. The summed E-state index contributed by atoms with van der Waals surface area (Å²) in [6.45, 7) is 0. The smallest absolute Gasteiger partial charge is 0.358 e. The van der Waals surface area contributed by atoms with Gasteiger partial charge in [-0.3, -0.25) is 0 Å². The third-order valence-corrected chi connectivity index (χ3v) is 4.60. The second kappa shape index (κ2) is 8.53. The molecule has 0 bridgehead atoms. The molecule has 129 valence electrons. The van der Waals surface area contributed by atoms with E-state index in [0.29, 0.717) is 0 Å². The molecular formula is C24H24NTi. The molecule has 0 saturated carbocycles. The summed E-state index contributed by atoms with van der Waals surface area (Å²) >= 11 is 0. The Labute approximate surface area is 171 Å². The van der Waals surface area contributed by atoms with Gasteiger partial charge < -0.3 is 26.8 Å². The van der Waals surface area contributed by atoms with Crippen molar-refractivity contribution < 1.29 is 21.7 Å². The SMILES string of the molecule is C1=CCC2=c3c(n(-c4ccccc4)c4ccccc34)=CC2=C1.[CH3-].[CH3-].[CH3-].[Ti+3]. The van der Waals surface area contributed by atoms with E-state index in [1.807, 2.05) is 0 Å². The maximum absolute atomic E-state index is 2.39. The van der Waals surface area contributed by atoms with Gasteiger partial charge in [0.1, 0.15) is 0 Å². The van der Waals surface area contributed by atoms with E-state index in [-0.39, 0.29) is 44.0 Å². The first-order valence-corrected chi connectivity index (χ1v) is 7.70. The van der Waals surface area contributed by atoms with Gasteiger partial charge in [0, 0.05) is 16.3 Å². The average molecular weight is 374 g/mol. The maximum atomic E-state index is 2.39. The molecule has 5 rings (SSSR count). The van der Waals surface area contributed by atoms with Gasteiger partial charge in [-0.1, -0.05) is 54.6 Å². The monoisotopic (exact) mass is 374 g/mol. The van der Waals surface area contributed by atoms with E-state index < -0.39 is 0 Å². The molecule has 2 heteroatoms. The molecule has 1 radical (unpaired) electrons. The van der Waals surface area contributed by atoms with Crippen molar-refractivity contribution in [2.45, 2.75) is 6.42 Å². The predicted molar refractivity (Wildman–Crippen MR) is 111 cm³/mol. The normalized spacial score (nSPS) is 13.1. The minimum absolute atomic E-state index is 0. The molecule has 0 N–H and O–H groups in total. The third-order valence-electron chi connectivity index (χ3n) is 4.60. The molecule has 26 heavy (non-hydrogen) atoms. The van der Waals surface area contributed by atoms with Crippen molar-refractivity contribution in [3.05, 3.63) is 111 Å². The zero-order chi connectivity index (χ0) is 14.5. The van der Waals surface area contributed by atoms with E-state index in [1.165, 1.54) is 38.3 Å². The Morgan fingerprint density at radius 2 is 1.50 bits per heavy atom. The van der Waals surface area contributed by atoms with Crippen LogP contribution in [-0.2, 0) is 21.7 Å². The number of benzene rings is 2. The first kappa shape index (κ1) is 22.0. The van der Waals surface area contributed by atoms with Crippen LogP contribution in [0.1, 0.15) is 6.42 Å². The second-order valence-electron chi connectivity index (χ2n) is 5.83. The number of para-hydroxylation sites is 2. The Kier molecular flexibility index (Phi) is 7.20. The number of fused-ring (bicyclic) bond motifs is 4. The van der Waals surface area contributed by atoms with Crippen LogP contribution >= 0.6 is 0 Å². The minimum Gasteiger partial charge on any atom is -0.358 e. The Balaban J connectivity index is 0.000000845. The number of allylic oxidation sites excluding steroid dienone is 4. The number of rotatable bonds is 1. The summed E-state index contributed by atoms with van der Waals surface area (Å²) in [7, 11) is 0. The maximum Gasteiger partial charge on any atom is 3.00 e. The Bertz CT molecular complexity index is 1080. The van der Waals surface area contributed by atoms with Crippen molar-refractivity contribution in [1.29, 1.82) is 0 Å². The van der Waals surface area contributed by atoms with E-state index in [1.54, 1.807) is 0 Å². The summed E-state index contributed by atoms with van der Waals surface area (Å²) < 4.78 is 2.39. The largest absolute Gasteiger partial charge is 3.00 e.